The summed E-state index contributed by atoms with van der Waals surface area (Å²) in [5, 5.41) is 15.7. The number of nitrogens with one attached hydrogen (secondary N) is 2. The lowest BCUT2D eigenvalue weighted by Crippen LogP contribution is -2.28. The van der Waals surface area contributed by atoms with Crippen molar-refractivity contribution in [2.24, 2.45) is 5.10 Å². The molecular formula is C11H15N3O2. The van der Waals surface area contributed by atoms with E-state index in [9.17, 15) is 9.90 Å². The summed E-state index contributed by atoms with van der Waals surface area (Å²) in [4.78, 5) is 10.8. The lowest BCUT2D eigenvalue weighted by Gasteiger charge is -2.04. The van der Waals surface area contributed by atoms with Gasteiger partial charge in [-0.15, -0.1) is 0 Å². The molecule has 86 valence electrons. The van der Waals surface area contributed by atoms with Crippen LogP contribution >= 0.6 is 0 Å². The highest BCUT2D eigenvalue weighted by Crippen LogP contribution is 2.21. The van der Waals surface area contributed by atoms with E-state index in [0.717, 1.165) is 16.7 Å². The summed E-state index contributed by atoms with van der Waals surface area (Å²) in [6, 6.07) is 3.21. The number of carbonyl (C=O) groups excluding carboxylic acids is 1. The Balaban J connectivity index is 2.78. The van der Waals surface area contributed by atoms with Crippen LogP contribution in [0.1, 0.15) is 16.7 Å². The molecule has 0 aromatic heterocycles. The van der Waals surface area contributed by atoms with Crippen molar-refractivity contribution in [2.45, 2.75) is 13.8 Å². The fourth-order valence-corrected chi connectivity index (χ4v) is 1.29. The van der Waals surface area contributed by atoms with E-state index >= 15 is 0 Å². The number of phenols is 1. The Labute approximate surface area is 94.2 Å². The molecule has 0 heterocycles. The van der Waals surface area contributed by atoms with Crippen molar-refractivity contribution in [3.05, 3.63) is 28.8 Å². The highest BCUT2D eigenvalue weighted by Gasteiger charge is 2.01. The van der Waals surface area contributed by atoms with Crippen LogP contribution in [-0.2, 0) is 0 Å². The molecule has 0 radical (unpaired) electrons. The second-order valence-corrected chi connectivity index (χ2v) is 3.45. The zero-order valence-corrected chi connectivity index (χ0v) is 9.53. The molecule has 0 aliphatic rings. The minimum atomic E-state index is -0.372. The summed E-state index contributed by atoms with van der Waals surface area (Å²) in [6.45, 7) is 3.62. The van der Waals surface area contributed by atoms with Gasteiger partial charge in [0.05, 0.1) is 6.21 Å². The van der Waals surface area contributed by atoms with E-state index in [2.05, 4.69) is 15.8 Å². The van der Waals surface area contributed by atoms with Crippen molar-refractivity contribution in [1.29, 1.82) is 0 Å². The average Bonchev–Trinajstić information content (AvgIpc) is 2.25. The molecule has 16 heavy (non-hydrogen) atoms. The van der Waals surface area contributed by atoms with Crippen molar-refractivity contribution in [3.8, 4) is 5.75 Å². The van der Waals surface area contributed by atoms with E-state index < -0.39 is 0 Å². The molecule has 1 rings (SSSR count). The summed E-state index contributed by atoms with van der Waals surface area (Å²) in [5.41, 5.74) is 4.67. The number of nitrogens with zero attached hydrogens (tertiary/aromatic N) is 1. The van der Waals surface area contributed by atoms with E-state index in [4.69, 9.17) is 0 Å². The molecule has 3 N–H and O–H groups in total. The first-order chi connectivity index (χ1) is 7.54. The molecule has 0 saturated carbocycles. The number of hydrazone groups is 1. The summed E-state index contributed by atoms with van der Waals surface area (Å²) in [7, 11) is 1.51. The minimum absolute atomic E-state index is 0.288. The van der Waals surface area contributed by atoms with Crippen LogP contribution in [-0.4, -0.2) is 24.4 Å². The maximum Gasteiger partial charge on any atom is 0.334 e. The van der Waals surface area contributed by atoms with Gasteiger partial charge in [-0.05, 0) is 42.7 Å². The van der Waals surface area contributed by atoms with Crippen LogP contribution in [0.4, 0.5) is 4.79 Å². The molecule has 1 aromatic carbocycles. The molecule has 0 atom stereocenters. The predicted molar refractivity (Wildman–Crippen MR) is 62.8 cm³/mol. The first-order valence-corrected chi connectivity index (χ1v) is 4.85. The van der Waals surface area contributed by atoms with Gasteiger partial charge in [0.2, 0.25) is 0 Å². The number of rotatable bonds is 2. The molecule has 0 saturated heterocycles. The highest BCUT2D eigenvalue weighted by molar-refractivity contribution is 5.82. The second kappa shape index (κ2) is 5.16. The maximum atomic E-state index is 10.8. The molecule has 0 unspecified atom stereocenters. The Morgan fingerprint density at radius 3 is 2.44 bits per heavy atom. The van der Waals surface area contributed by atoms with E-state index in [1.54, 1.807) is 12.1 Å². The summed E-state index contributed by atoms with van der Waals surface area (Å²) >= 11 is 0. The van der Waals surface area contributed by atoms with E-state index in [1.807, 2.05) is 13.8 Å². The quantitative estimate of drug-likeness (QED) is 0.519. The first-order valence-electron chi connectivity index (χ1n) is 4.85. The van der Waals surface area contributed by atoms with Gasteiger partial charge in [0.25, 0.3) is 0 Å². The van der Waals surface area contributed by atoms with Crippen LogP contribution < -0.4 is 10.7 Å². The Morgan fingerprint density at radius 1 is 1.38 bits per heavy atom. The fraction of sp³-hybridized carbons (Fsp3) is 0.273. The molecule has 1 aromatic rings. The summed E-state index contributed by atoms with van der Waals surface area (Å²) in [5.74, 6) is 0.288. The average molecular weight is 221 g/mol. The number of urea groups is 1. The van der Waals surface area contributed by atoms with Gasteiger partial charge in [0.15, 0.2) is 0 Å². The topological polar surface area (TPSA) is 73.7 Å². The van der Waals surface area contributed by atoms with Crippen molar-refractivity contribution in [2.75, 3.05) is 7.05 Å². The molecule has 0 aliphatic carbocycles. The van der Waals surface area contributed by atoms with Gasteiger partial charge >= 0.3 is 6.03 Å². The smallest absolute Gasteiger partial charge is 0.334 e. The first kappa shape index (κ1) is 12.0. The maximum absolute atomic E-state index is 10.8. The standard InChI is InChI=1S/C11H15N3O2/c1-7-4-9(5-8(2)10(7)15)6-13-14-11(16)12-3/h4-6,15H,1-3H3,(H2,12,14,16)/b13-6+. The lowest BCUT2D eigenvalue weighted by molar-refractivity contribution is 0.243. The molecular weight excluding hydrogens is 206 g/mol. The number of hydrogen-bond donors (Lipinski definition) is 3. The fourth-order valence-electron chi connectivity index (χ4n) is 1.29. The van der Waals surface area contributed by atoms with Crippen molar-refractivity contribution < 1.29 is 9.90 Å². The number of phenolic OH excluding ortho intramolecular Hbond substituents is 1. The van der Waals surface area contributed by atoms with E-state index in [-0.39, 0.29) is 11.8 Å². The molecule has 0 fully saturated rings. The Bertz CT molecular complexity index is 404. The predicted octanol–water partition coefficient (Wildman–Crippen LogP) is 1.27. The normalized spacial score (nSPS) is 10.4. The van der Waals surface area contributed by atoms with Crippen LogP contribution in [0.2, 0.25) is 0 Å². The molecule has 0 spiro atoms. The van der Waals surface area contributed by atoms with Crippen LogP contribution in [0.3, 0.4) is 0 Å². The van der Waals surface area contributed by atoms with E-state index in [0.29, 0.717) is 0 Å². The zero-order chi connectivity index (χ0) is 12.1. The number of carbonyl (C=O) groups is 1. The van der Waals surface area contributed by atoms with Gasteiger partial charge in [-0.25, -0.2) is 10.2 Å². The molecule has 5 heteroatoms. The summed E-state index contributed by atoms with van der Waals surface area (Å²) in [6.07, 6.45) is 1.52. The third-order valence-corrected chi connectivity index (χ3v) is 2.12. The summed E-state index contributed by atoms with van der Waals surface area (Å²) < 4.78 is 0. The number of hydrogen-bond acceptors (Lipinski definition) is 3. The van der Waals surface area contributed by atoms with Crippen LogP contribution in [0.15, 0.2) is 17.2 Å². The van der Waals surface area contributed by atoms with Crippen LogP contribution in [0.5, 0.6) is 5.75 Å². The monoisotopic (exact) mass is 221 g/mol. The number of aromatic hydroxyl groups is 1. The Morgan fingerprint density at radius 2 is 1.94 bits per heavy atom. The third-order valence-electron chi connectivity index (χ3n) is 2.12. The zero-order valence-electron chi connectivity index (χ0n) is 9.53. The van der Waals surface area contributed by atoms with Crippen molar-refractivity contribution in [3.63, 3.8) is 0 Å². The van der Waals surface area contributed by atoms with Gasteiger partial charge in [0.1, 0.15) is 5.75 Å². The Kier molecular flexibility index (Phi) is 3.88. The van der Waals surface area contributed by atoms with Crippen molar-refractivity contribution in [1.82, 2.24) is 10.7 Å². The number of aryl methyl sites for hydroxylation is 2. The van der Waals surface area contributed by atoms with E-state index in [1.165, 1.54) is 13.3 Å². The van der Waals surface area contributed by atoms with Crippen LogP contribution in [0, 0.1) is 13.8 Å². The minimum Gasteiger partial charge on any atom is -0.507 e. The molecule has 2 amide bonds. The number of amides is 2. The highest BCUT2D eigenvalue weighted by atomic mass is 16.3. The van der Waals surface area contributed by atoms with Crippen molar-refractivity contribution >= 4 is 12.2 Å². The van der Waals surface area contributed by atoms with Gasteiger partial charge in [0, 0.05) is 7.05 Å². The SMILES string of the molecule is CNC(=O)N/N=C/c1cc(C)c(O)c(C)c1. The number of benzene rings is 1. The van der Waals surface area contributed by atoms with Gasteiger partial charge < -0.3 is 10.4 Å². The molecule has 0 bridgehead atoms. The largest absolute Gasteiger partial charge is 0.507 e. The Hall–Kier alpha value is -2.04. The lowest BCUT2D eigenvalue weighted by atomic mass is 10.1. The molecule has 5 nitrogen and oxygen atoms in total. The van der Waals surface area contributed by atoms with Crippen LogP contribution in [0.25, 0.3) is 0 Å². The third kappa shape index (κ3) is 2.98. The molecule has 0 aliphatic heterocycles. The second-order valence-electron chi connectivity index (χ2n) is 3.45. The van der Waals surface area contributed by atoms with Gasteiger partial charge in [-0.1, -0.05) is 0 Å². The van der Waals surface area contributed by atoms with Gasteiger partial charge in [-0.3, -0.25) is 0 Å². The van der Waals surface area contributed by atoms with Gasteiger partial charge in [-0.2, -0.15) is 5.10 Å².